The number of rotatable bonds is 2. The number of phenols is 1. The maximum Gasteiger partial charge on any atom is 0.115 e. The molecule has 2 aromatic rings. The third-order valence-electron chi connectivity index (χ3n) is 2.50. The molecule has 0 aliphatic carbocycles. The Morgan fingerprint density at radius 3 is 2.19 bits per heavy atom. The van der Waals surface area contributed by atoms with Gasteiger partial charge in [0.1, 0.15) is 11.9 Å². The highest BCUT2D eigenvalue weighted by Gasteiger charge is 2.12. The van der Waals surface area contributed by atoms with Crippen LogP contribution in [0.15, 0.2) is 48.5 Å². The van der Waals surface area contributed by atoms with Crippen molar-refractivity contribution in [2.75, 3.05) is 5.73 Å². The minimum absolute atomic E-state index is 0.178. The van der Waals surface area contributed by atoms with Crippen molar-refractivity contribution >= 4 is 5.69 Å². The number of hydrogen-bond acceptors (Lipinski definition) is 3. The molecule has 82 valence electrons. The highest BCUT2D eigenvalue weighted by molar-refractivity contribution is 5.50. The van der Waals surface area contributed by atoms with Crippen LogP contribution >= 0.6 is 0 Å². The predicted octanol–water partition coefficient (Wildman–Crippen LogP) is 2.06. The van der Waals surface area contributed by atoms with Crippen LogP contribution in [0.3, 0.4) is 0 Å². The van der Waals surface area contributed by atoms with E-state index in [4.69, 9.17) is 10.8 Å². The van der Waals surface area contributed by atoms with Gasteiger partial charge in [0.2, 0.25) is 0 Å². The summed E-state index contributed by atoms with van der Waals surface area (Å²) < 4.78 is 0. The predicted molar refractivity (Wildman–Crippen MR) is 63.0 cm³/mol. The Balaban J connectivity index is 2.35. The van der Waals surface area contributed by atoms with Gasteiger partial charge in [0.15, 0.2) is 0 Å². The summed E-state index contributed by atoms with van der Waals surface area (Å²) in [5.74, 6) is 0.178. The van der Waals surface area contributed by atoms with E-state index in [0.29, 0.717) is 16.8 Å². The molecule has 2 aromatic carbocycles. The highest BCUT2D eigenvalue weighted by atomic mass is 16.3. The van der Waals surface area contributed by atoms with Crippen molar-refractivity contribution in [1.82, 2.24) is 0 Å². The van der Waals surface area contributed by atoms with E-state index in [9.17, 15) is 5.11 Å². The molecule has 0 aliphatic heterocycles. The second-order valence-electron chi connectivity index (χ2n) is 3.62. The molecule has 0 saturated heterocycles. The van der Waals surface area contributed by atoms with Gasteiger partial charge in [0, 0.05) is 11.3 Å². The van der Waals surface area contributed by atoms with Crippen LogP contribution in [0.1, 0.15) is 17.2 Å². The normalized spacial score (nSPS) is 12.3. The number of phenolic OH excluding ortho intramolecular Hbond substituents is 1. The molecule has 3 nitrogen and oxygen atoms in total. The lowest BCUT2D eigenvalue weighted by atomic mass is 10.00. The fourth-order valence-electron chi connectivity index (χ4n) is 1.60. The van der Waals surface area contributed by atoms with E-state index in [0.717, 1.165) is 0 Å². The lowest BCUT2D eigenvalue weighted by Gasteiger charge is -2.13. The first-order valence-electron chi connectivity index (χ1n) is 5.00. The maximum atomic E-state index is 10.1. The molecule has 3 heteroatoms. The van der Waals surface area contributed by atoms with Gasteiger partial charge in [-0.25, -0.2) is 0 Å². The topological polar surface area (TPSA) is 66.5 Å². The van der Waals surface area contributed by atoms with Crippen molar-refractivity contribution in [3.8, 4) is 5.75 Å². The second kappa shape index (κ2) is 4.24. The Labute approximate surface area is 93.8 Å². The highest BCUT2D eigenvalue weighted by Crippen LogP contribution is 2.27. The molecule has 0 saturated carbocycles. The van der Waals surface area contributed by atoms with Crippen LogP contribution in [-0.2, 0) is 0 Å². The SMILES string of the molecule is Nc1ccccc1C(O)c1ccc(O)cc1. The molecule has 0 aromatic heterocycles. The van der Waals surface area contributed by atoms with Crippen LogP contribution in [0.5, 0.6) is 5.75 Å². The van der Waals surface area contributed by atoms with Crippen LogP contribution in [0.2, 0.25) is 0 Å². The maximum absolute atomic E-state index is 10.1. The summed E-state index contributed by atoms with van der Waals surface area (Å²) in [6.07, 6.45) is -0.762. The molecule has 0 aliphatic rings. The molecule has 2 rings (SSSR count). The monoisotopic (exact) mass is 215 g/mol. The van der Waals surface area contributed by atoms with E-state index < -0.39 is 6.10 Å². The lowest BCUT2D eigenvalue weighted by Crippen LogP contribution is -2.03. The summed E-state index contributed by atoms with van der Waals surface area (Å²) in [5.41, 5.74) is 7.72. The molecule has 0 amide bonds. The number of hydrogen-bond donors (Lipinski definition) is 3. The van der Waals surface area contributed by atoms with E-state index in [1.165, 1.54) is 12.1 Å². The molecule has 16 heavy (non-hydrogen) atoms. The Hall–Kier alpha value is -2.00. The number of benzene rings is 2. The molecular weight excluding hydrogens is 202 g/mol. The summed E-state index contributed by atoms with van der Waals surface area (Å²) in [4.78, 5) is 0. The first-order valence-corrected chi connectivity index (χ1v) is 5.00. The number of aromatic hydroxyl groups is 1. The van der Waals surface area contributed by atoms with Gasteiger partial charge < -0.3 is 15.9 Å². The molecule has 0 bridgehead atoms. The average molecular weight is 215 g/mol. The fraction of sp³-hybridized carbons (Fsp3) is 0.0769. The van der Waals surface area contributed by atoms with Crippen LogP contribution in [0.4, 0.5) is 5.69 Å². The van der Waals surface area contributed by atoms with Crippen LogP contribution in [-0.4, -0.2) is 10.2 Å². The zero-order valence-electron chi connectivity index (χ0n) is 8.67. The number of nitrogens with two attached hydrogens (primary N) is 1. The van der Waals surface area contributed by atoms with Gasteiger partial charge in [-0.2, -0.15) is 0 Å². The van der Waals surface area contributed by atoms with Crippen molar-refractivity contribution in [3.63, 3.8) is 0 Å². The number of nitrogen functional groups attached to an aromatic ring is 1. The van der Waals surface area contributed by atoms with Gasteiger partial charge in [0.25, 0.3) is 0 Å². The smallest absolute Gasteiger partial charge is 0.115 e. The van der Waals surface area contributed by atoms with Gasteiger partial charge in [-0.05, 0) is 23.8 Å². The Morgan fingerprint density at radius 1 is 0.938 bits per heavy atom. The number of para-hydroxylation sites is 1. The number of aliphatic hydroxyl groups excluding tert-OH is 1. The molecule has 0 spiro atoms. The van der Waals surface area contributed by atoms with Gasteiger partial charge >= 0.3 is 0 Å². The minimum Gasteiger partial charge on any atom is -0.508 e. The minimum atomic E-state index is -0.762. The van der Waals surface area contributed by atoms with Crippen molar-refractivity contribution < 1.29 is 10.2 Å². The molecule has 1 unspecified atom stereocenters. The Kier molecular flexibility index (Phi) is 2.79. The van der Waals surface area contributed by atoms with Crippen molar-refractivity contribution in [1.29, 1.82) is 0 Å². The molecule has 1 atom stereocenters. The molecule has 0 heterocycles. The van der Waals surface area contributed by atoms with Crippen molar-refractivity contribution in [2.24, 2.45) is 0 Å². The zero-order valence-corrected chi connectivity index (χ0v) is 8.67. The standard InChI is InChI=1S/C13H13NO2/c14-12-4-2-1-3-11(12)13(16)9-5-7-10(15)8-6-9/h1-8,13,15-16H,14H2. The average Bonchev–Trinajstić information content (AvgIpc) is 2.30. The summed E-state index contributed by atoms with van der Waals surface area (Å²) >= 11 is 0. The van der Waals surface area contributed by atoms with Crippen LogP contribution in [0.25, 0.3) is 0 Å². The molecule has 4 N–H and O–H groups in total. The van der Waals surface area contributed by atoms with Crippen LogP contribution in [0, 0.1) is 0 Å². The van der Waals surface area contributed by atoms with Crippen molar-refractivity contribution in [2.45, 2.75) is 6.10 Å². The van der Waals surface area contributed by atoms with E-state index in [2.05, 4.69) is 0 Å². The van der Waals surface area contributed by atoms with Crippen LogP contribution < -0.4 is 5.73 Å². The summed E-state index contributed by atoms with van der Waals surface area (Å²) in [7, 11) is 0. The molecule has 0 fully saturated rings. The third-order valence-corrected chi connectivity index (χ3v) is 2.50. The number of aliphatic hydroxyl groups is 1. The van der Waals surface area contributed by atoms with Crippen molar-refractivity contribution in [3.05, 3.63) is 59.7 Å². The van der Waals surface area contributed by atoms with Gasteiger partial charge in [-0.1, -0.05) is 30.3 Å². The largest absolute Gasteiger partial charge is 0.508 e. The van der Waals surface area contributed by atoms with Gasteiger partial charge in [-0.3, -0.25) is 0 Å². The molecule has 0 radical (unpaired) electrons. The van der Waals surface area contributed by atoms with E-state index in [1.807, 2.05) is 12.1 Å². The van der Waals surface area contributed by atoms with E-state index >= 15 is 0 Å². The zero-order chi connectivity index (χ0) is 11.5. The first kappa shape index (κ1) is 10.5. The third kappa shape index (κ3) is 1.99. The summed E-state index contributed by atoms with van der Waals surface area (Å²) in [6, 6.07) is 13.6. The first-order chi connectivity index (χ1) is 7.68. The fourth-order valence-corrected chi connectivity index (χ4v) is 1.60. The quantitative estimate of drug-likeness (QED) is 0.672. The van der Waals surface area contributed by atoms with E-state index in [1.54, 1.807) is 24.3 Å². The summed E-state index contributed by atoms with van der Waals surface area (Å²) in [6.45, 7) is 0. The number of anilines is 1. The Bertz CT molecular complexity index is 480. The molecular formula is C13H13NO2. The van der Waals surface area contributed by atoms with Gasteiger partial charge in [-0.15, -0.1) is 0 Å². The van der Waals surface area contributed by atoms with E-state index in [-0.39, 0.29) is 5.75 Å². The second-order valence-corrected chi connectivity index (χ2v) is 3.62. The Morgan fingerprint density at radius 2 is 1.56 bits per heavy atom. The lowest BCUT2D eigenvalue weighted by molar-refractivity contribution is 0.221. The van der Waals surface area contributed by atoms with Gasteiger partial charge in [0.05, 0.1) is 0 Å². The summed E-state index contributed by atoms with van der Waals surface area (Å²) in [5, 5.41) is 19.3.